The van der Waals surface area contributed by atoms with E-state index in [-0.39, 0.29) is 5.78 Å². The Hall–Kier alpha value is -0.590. The fraction of sp³-hybridized carbons (Fsp3) is 0.700. The minimum absolute atomic E-state index is 0.159. The minimum Gasteiger partial charge on any atom is -0.295 e. The topological polar surface area (TPSA) is 17.1 Å². The number of carbonyl (C=O) groups is 1. The summed E-state index contributed by atoms with van der Waals surface area (Å²) in [5, 5.41) is 0. The molecule has 0 spiro atoms. The Morgan fingerprint density at radius 2 is 2.09 bits per heavy atom. The first-order valence-corrected chi connectivity index (χ1v) is 4.17. The quantitative estimate of drug-likeness (QED) is 0.556. The normalized spacial score (nSPS) is 11.2. The van der Waals surface area contributed by atoms with E-state index in [0.29, 0.717) is 11.8 Å². The molecule has 0 aromatic rings. The Labute approximate surface area is 69.5 Å². The summed E-state index contributed by atoms with van der Waals surface area (Å²) in [6, 6.07) is 0. The van der Waals surface area contributed by atoms with Gasteiger partial charge in [-0.25, -0.2) is 0 Å². The molecule has 0 bridgehead atoms. The highest BCUT2D eigenvalue weighted by Crippen LogP contribution is 2.25. The molecule has 0 aliphatic rings. The number of hydrogen-bond acceptors (Lipinski definition) is 1. The van der Waals surface area contributed by atoms with Gasteiger partial charge in [0.15, 0.2) is 5.78 Å². The summed E-state index contributed by atoms with van der Waals surface area (Å²) in [7, 11) is 0. The van der Waals surface area contributed by atoms with Crippen LogP contribution in [0.5, 0.6) is 0 Å². The third kappa shape index (κ3) is 4.77. The molecule has 0 atom stereocenters. The van der Waals surface area contributed by atoms with Crippen LogP contribution in [0.3, 0.4) is 0 Å². The lowest BCUT2D eigenvalue weighted by molar-refractivity contribution is -0.115. The van der Waals surface area contributed by atoms with Crippen LogP contribution < -0.4 is 0 Å². The van der Waals surface area contributed by atoms with E-state index in [1.54, 1.807) is 0 Å². The van der Waals surface area contributed by atoms with Gasteiger partial charge < -0.3 is 0 Å². The summed E-state index contributed by atoms with van der Waals surface area (Å²) in [5.74, 6) is 0.159. The van der Waals surface area contributed by atoms with E-state index < -0.39 is 0 Å². The van der Waals surface area contributed by atoms with Gasteiger partial charge in [-0.15, -0.1) is 0 Å². The third-order valence-corrected chi connectivity index (χ3v) is 2.23. The van der Waals surface area contributed by atoms with Crippen molar-refractivity contribution in [1.29, 1.82) is 0 Å². The van der Waals surface area contributed by atoms with Gasteiger partial charge in [-0.05, 0) is 17.9 Å². The lowest BCUT2D eigenvalue weighted by Gasteiger charge is -2.21. The molecule has 1 heteroatoms. The molecule has 0 unspecified atom stereocenters. The monoisotopic (exact) mass is 154 g/mol. The van der Waals surface area contributed by atoms with E-state index in [1.165, 1.54) is 6.08 Å². The van der Waals surface area contributed by atoms with Crippen molar-refractivity contribution >= 4 is 5.78 Å². The van der Waals surface area contributed by atoms with Crippen LogP contribution in [0.4, 0.5) is 0 Å². The van der Waals surface area contributed by atoms with Crippen molar-refractivity contribution in [3.8, 4) is 0 Å². The first-order valence-electron chi connectivity index (χ1n) is 4.17. The first-order chi connectivity index (χ1) is 5.02. The van der Waals surface area contributed by atoms with E-state index >= 15 is 0 Å². The molecule has 0 fully saturated rings. The Kier molecular flexibility index (Phi) is 4.09. The molecule has 0 amide bonds. The zero-order valence-electron chi connectivity index (χ0n) is 7.81. The van der Waals surface area contributed by atoms with Crippen LogP contribution in [0, 0.1) is 5.41 Å². The largest absolute Gasteiger partial charge is 0.295 e. The number of carbonyl (C=O) groups excluding carboxylic acids is 1. The van der Waals surface area contributed by atoms with Gasteiger partial charge in [0.1, 0.15) is 0 Å². The Balaban J connectivity index is 3.69. The molecule has 0 aliphatic carbocycles. The van der Waals surface area contributed by atoms with Crippen LogP contribution in [0.15, 0.2) is 12.7 Å². The van der Waals surface area contributed by atoms with Crippen LogP contribution in [0.1, 0.15) is 40.0 Å². The van der Waals surface area contributed by atoms with Gasteiger partial charge in [-0.2, -0.15) is 0 Å². The molecular weight excluding hydrogens is 136 g/mol. The molecule has 0 aromatic heterocycles. The molecule has 0 saturated heterocycles. The Morgan fingerprint density at radius 1 is 1.55 bits per heavy atom. The molecule has 0 saturated carbocycles. The van der Waals surface area contributed by atoms with Crippen LogP contribution in [-0.4, -0.2) is 5.78 Å². The van der Waals surface area contributed by atoms with Crippen LogP contribution in [-0.2, 0) is 4.79 Å². The third-order valence-electron chi connectivity index (χ3n) is 2.23. The standard InChI is InChI=1S/C10H18O/c1-5-9(11)7-8-10(3,4)6-2/h5H,1,6-8H2,2-4H3. The lowest BCUT2D eigenvalue weighted by Crippen LogP contribution is -2.11. The highest BCUT2D eigenvalue weighted by atomic mass is 16.1. The van der Waals surface area contributed by atoms with E-state index in [9.17, 15) is 4.79 Å². The van der Waals surface area contributed by atoms with Crippen LogP contribution in [0.25, 0.3) is 0 Å². The minimum atomic E-state index is 0.159. The smallest absolute Gasteiger partial charge is 0.155 e. The van der Waals surface area contributed by atoms with Crippen molar-refractivity contribution in [1.82, 2.24) is 0 Å². The maximum Gasteiger partial charge on any atom is 0.155 e. The number of hydrogen-bond donors (Lipinski definition) is 0. The maximum absolute atomic E-state index is 10.9. The number of ketones is 1. The Morgan fingerprint density at radius 3 is 2.45 bits per heavy atom. The SMILES string of the molecule is C=CC(=O)CCC(C)(C)CC. The first kappa shape index (κ1) is 10.4. The molecule has 0 aromatic carbocycles. The highest BCUT2D eigenvalue weighted by molar-refractivity contribution is 5.88. The van der Waals surface area contributed by atoms with Crippen molar-refractivity contribution in [2.45, 2.75) is 40.0 Å². The fourth-order valence-electron chi connectivity index (χ4n) is 0.740. The summed E-state index contributed by atoms with van der Waals surface area (Å²) in [5.41, 5.74) is 0.304. The highest BCUT2D eigenvalue weighted by Gasteiger charge is 2.15. The predicted molar refractivity (Wildman–Crippen MR) is 48.5 cm³/mol. The average molecular weight is 154 g/mol. The van der Waals surface area contributed by atoms with E-state index in [4.69, 9.17) is 0 Å². The summed E-state index contributed by atoms with van der Waals surface area (Å²) in [6.07, 6.45) is 4.14. The van der Waals surface area contributed by atoms with Gasteiger partial charge in [-0.1, -0.05) is 33.8 Å². The molecular formula is C10H18O. The Bertz CT molecular complexity index is 145. The average Bonchev–Trinajstić information content (AvgIpc) is 2.00. The predicted octanol–water partition coefficient (Wildman–Crippen LogP) is 2.96. The molecule has 1 nitrogen and oxygen atoms in total. The molecule has 0 radical (unpaired) electrons. The van der Waals surface area contributed by atoms with E-state index in [1.807, 2.05) is 0 Å². The molecule has 0 N–H and O–H groups in total. The second-order valence-electron chi connectivity index (χ2n) is 3.69. The zero-order valence-corrected chi connectivity index (χ0v) is 7.81. The van der Waals surface area contributed by atoms with Crippen molar-refractivity contribution in [2.24, 2.45) is 5.41 Å². The van der Waals surface area contributed by atoms with Gasteiger partial charge >= 0.3 is 0 Å². The second kappa shape index (κ2) is 4.32. The maximum atomic E-state index is 10.9. The number of rotatable bonds is 5. The molecule has 64 valence electrons. The molecule has 0 aliphatic heterocycles. The zero-order chi connectivity index (χ0) is 8.91. The van der Waals surface area contributed by atoms with Crippen LogP contribution >= 0.6 is 0 Å². The van der Waals surface area contributed by atoms with Crippen molar-refractivity contribution in [2.75, 3.05) is 0 Å². The van der Waals surface area contributed by atoms with Gasteiger partial charge in [0.2, 0.25) is 0 Å². The van der Waals surface area contributed by atoms with Crippen molar-refractivity contribution < 1.29 is 4.79 Å². The summed E-state index contributed by atoms with van der Waals surface area (Å²) in [4.78, 5) is 10.9. The van der Waals surface area contributed by atoms with Gasteiger partial charge in [0.25, 0.3) is 0 Å². The molecule has 0 heterocycles. The summed E-state index contributed by atoms with van der Waals surface area (Å²) < 4.78 is 0. The van der Waals surface area contributed by atoms with Crippen LogP contribution in [0.2, 0.25) is 0 Å². The summed E-state index contributed by atoms with van der Waals surface area (Å²) in [6.45, 7) is 9.96. The van der Waals surface area contributed by atoms with Gasteiger partial charge in [0, 0.05) is 6.42 Å². The second-order valence-corrected chi connectivity index (χ2v) is 3.69. The molecule has 11 heavy (non-hydrogen) atoms. The number of allylic oxidation sites excluding steroid dienone is 1. The summed E-state index contributed by atoms with van der Waals surface area (Å²) >= 11 is 0. The van der Waals surface area contributed by atoms with E-state index in [2.05, 4.69) is 27.4 Å². The van der Waals surface area contributed by atoms with Crippen molar-refractivity contribution in [3.05, 3.63) is 12.7 Å². The fourth-order valence-corrected chi connectivity index (χ4v) is 0.740. The lowest BCUT2D eigenvalue weighted by atomic mass is 9.84. The van der Waals surface area contributed by atoms with Crippen molar-refractivity contribution in [3.63, 3.8) is 0 Å². The van der Waals surface area contributed by atoms with E-state index in [0.717, 1.165) is 12.8 Å². The van der Waals surface area contributed by atoms with Gasteiger partial charge in [0.05, 0.1) is 0 Å². The van der Waals surface area contributed by atoms with Gasteiger partial charge in [-0.3, -0.25) is 4.79 Å². The molecule has 0 rings (SSSR count).